The second-order valence-corrected chi connectivity index (χ2v) is 10.4. The number of carbonyl (C=O) groups excluding carboxylic acids is 1. The Morgan fingerprint density at radius 1 is 0.960 bits per heavy atom. The molecule has 0 saturated heterocycles. The Balaban J connectivity index is 5.95. The second-order valence-electron chi connectivity index (χ2n) is 10.4. The summed E-state index contributed by atoms with van der Waals surface area (Å²) in [6, 6.07) is 0. The van der Waals surface area contributed by atoms with E-state index in [1.54, 1.807) is 7.11 Å². The van der Waals surface area contributed by atoms with Crippen LogP contribution in [0.2, 0.25) is 0 Å². The first kappa shape index (κ1) is 24.6. The molecule has 4 unspecified atom stereocenters. The van der Waals surface area contributed by atoms with Gasteiger partial charge in [0, 0.05) is 18.4 Å². The van der Waals surface area contributed by atoms with Gasteiger partial charge in [0.15, 0.2) is 0 Å². The van der Waals surface area contributed by atoms with Gasteiger partial charge in [-0.25, -0.2) is 0 Å². The number of aliphatic hydroxyl groups is 1. The molecule has 0 aliphatic rings. The third-order valence-corrected chi connectivity index (χ3v) is 7.12. The van der Waals surface area contributed by atoms with Crippen LogP contribution in [0.3, 0.4) is 0 Å². The second kappa shape index (κ2) is 8.52. The first-order valence-corrected chi connectivity index (χ1v) is 9.80. The summed E-state index contributed by atoms with van der Waals surface area (Å²) in [6.45, 7) is 21.3. The predicted molar refractivity (Wildman–Crippen MR) is 107 cm³/mol. The topological polar surface area (TPSA) is 46.5 Å². The third-order valence-electron chi connectivity index (χ3n) is 7.12. The van der Waals surface area contributed by atoms with Gasteiger partial charge in [-0.3, -0.25) is 0 Å². The molecule has 25 heavy (non-hydrogen) atoms. The molecule has 0 aliphatic heterocycles. The van der Waals surface area contributed by atoms with E-state index in [2.05, 4.69) is 48.5 Å². The van der Waals surface area contributed by atoms with Gasteiger partial charge in [0.2, 0.25) is 0 Å². The fraction of sp³-hybridized carbons (Fsp3) is 0.955. The zero-order chi connectivity index (χ0) is 20.3. The number of hydrogen-bond acceptors (Lipinski definition) is 3. The maximum Gasteiger partial charge on any atom is 0.126 e. The van der Waals surface area contributed by atoms with Crippen molar-refractivity contribution in [1.82, 2.24) is 0 Å². The van der Waals surface area contributed by atoms with Crippen LogP contribution in [0.1, 0.15) is 88.5 Å². The highest BCUT2D eigenvalue weighted by atomic mass is 16.5. The van der Waals surface area contributed by atoms with E-state index in [9.17, 15) is 9.90 Å². The number of methoxy groups -OCH3 is 1. The lowest BCUT2D eigenvalue weighted by Gasteiger charge is -2.54. The summed E-state index contributed by atoms with van der Waals surface area (Å²) < 4.78 is 5.98. The Morgan fingerprint density at radius 3 is 1.72 bits per heavy atom. The minimum Gasteiger partial charge on any atom is -0.392 e. The highest BCUT2D eigenvalue weighted by molar-refractivity contribution is 5.56. The van der Waals surface area contributed by atoms with Crippen LogP contribution in [0.5, 0.6) is 0 Å². The zero-order valence-electron chi connectivity index (χ0n) is 18.7. The van der Waals surface area contributed by atoms with Gasteiger partial charge in [0.05, 0.1) is 12.2 Å². The van der Waals surface area contributed by atoms with Crippen molar-refractivity contribution >= 4 is 6.29 Å². The van der Waals surface area contributed by atoms with E-state index < -0.39 is 17.4 Å². The number of rotatable bonds is 10. The van der Waals surface area contributed by atoms with Crippen molar-refractivity contribution < 1.29 is 14.6 Å². The molecule has 150 valence electrons. The third kappa shape index (κ3) is 5.29. The van der Waals surface area contributed by atoms with Crippen LogP contribution in [0, 0.1) is 27.6 Å². The maximum absolute atomic E-state index is 11.8. The molecule has 4 atom stereocenters. The summed E-state index contributed by atoms with van der Waals surface area (Å²) in [6.07, 6.45) is 3.11. The SMILES string of the molecule is CCC(C)(C)CC(OC)C(C)(CC)C(C)(C)C(O)C(C=O)C(C)(C)C. The van der Waals surface area contributed by atoms with Crippen molar-refractivity contribution in [2.24, 2.45) is 27.6 Å². The molecule has 3 heteroatoms. The van der Waals surface area contributed by atoms with E-state index in [0.29, 0.717) is 0 Å². The largest absolute Gasteiger partial charge is 0.392 e. The van der Waals surface area contributed by atoms with Crippen molar-refractivity contribution in [2.75, 3.05) is 7.11 Å². The molecule has 0 bridgehead atoms. The molecular formula is C22H44O3. The predicted octanol–water partition coefficient (Wildman–Crippen LogP) is 5.49. The summed E-state index contributed by atoms with van der Waals surface area (Å²) in [7, 11) is 1.77. The van der Waals surface area contributed by atoms with Crippen LogP contribution in [0.4, 0.5) is 0 Å². The molecule has 0 radical (unpaired) electrons. The molecule has 0 amide bonds. The molecule has 0 spiro atoms. The number of aliphatic hydroxyl groups excluding tert-OH is 1. The molecule has 0 rings (SSSR count). The quantitative estimate of drug-likeness (QED) is 0.526. The fourth-order valence-corrected chi connectivity index (χ4v) is 3.85. The van der Waals surface area contributed by atoms with Gasteiger partial charge in [-0.15, -0.1) is 0 Å². The molecule has 0 aromatic rings. The molecule has 0 saturated carbocycles. The van der Waals surface area contributed by atoms with Gasteiger partial charge in [-0.1, -0.05) is 75.7 Å². The number of carbonyl (C=O) groups is 1. The van der Waals surface area contributed by atoms with Crippen LogP contribution in [0.25, 0.3) is 0 Å². The van der Waals surface area contributed by atoms with Crippen molar-refractivity contribution in [3.8, 4) is 0 Å². The summed E-state index contributed by atoms with van der Waals surface area (Å²) in [5, 5.41) is 11.3. The molecule has 0 aliphatic carbocycles. The van der Waals surface area contributed by atoms with Crippen molar-refractivity contribution in [3.05, 3.63) is 0 Å². The summed E-state index contributed by atoms with van der Waals surface area (Å²) in [4.78, 5) is 11.8. The average Bonchev–Trinajstić information content (AvgIpc) is 2.50. The lowest BCUT2D eigenvalue weighted by Crippen LogP contribution is -2.56. The fourth-order valence-electron chi connectivity index (χ4n) is 3.85. The van der Waals surface area contributed by atoms with Crippen molar-refractivity contribution in [3.63, 3.8) is 0 Å². The summed E-state index contributed by atoms with van der Waals surface area (Å²) in [5.41, 5.74) is -0.824. The lowest BCUT2D eigenvalue weighted by molar-refractivity contribution is -0.161. The highest BCUT2D eigenvalue weighted by Crippen LogP contribution is 2.53. The van der Waals surface area contributed by atoms with Crippen LogP contribution < -0.4 is 0 Å². The zero-order valence-corrected chi connectivity index (χ0v) is 18.7. The van der Waals surface area contributed by atoms with E-state index in [4.69, 9.17) is 4.74 Å². The minimum atomic E-state index is -0.725. The van der Waals surface area contributed by atoms with Crippen LogP contribution in [-0.4, -0.2) is 30.7 Å². The lowest BCUT2D eigenvalue weighted by atomic mass is 9.54. The standard InChI is InChI=1S/C22H44O3/c1-12-20(6,7)14-17(25-11)22(10,13-2)21(8,9)18(24)16(15-23)19(3,4)5/h15-18,24H,12-14H2,1-11H3. The minimum absolute atomic E-state index is 0.0179. The monoisotopic (exact) mass is 356 g/mol. The van der Waals surface area contributed by atoms with Crippen LogP contribution in [-0.2, 0) is 9.53 Å². The molecule has 0 aromatic carbocycles. The van der Waals surface area contributed by atoms with Gasteiger partial charge in [-0.05, 0) is 29.1 Å². The molecule has 0 heterocycles. The van der Waals surface area contributed by atoms with E-state index in [1.807, 2.05) is 20.8 Å². The van der Waals surface area contributed by atoms with Gasteiger partial charge in [0.25, 0.3) is 0 Å². The van der Waals surface area contributed by atoms with Gasteiger partial charge in [0.1, 0.15) is 6.29 Å². The van der Waals surface area contributed by atoms with E-state index >= 15 is 0 Å². The van der Waals surface area contributed by atoms with Crippen LogP contribution in [0.15, 0.2) is 0 Å². The van der Waals surface area contributed by atoms with Gasteiger partial charge in [-0.2, -0.15) is 0 Å². The van der Waals surface area contributed by atoms with E-state index in [-0.39, 0.29) is 22.3 Å². The van der Waals surface area contributed by atoms with E-state index in [0.717, 1.165) is 25.5 Å². The van der Waals surface area contributed by atoms with Crippen LogP contribution >= 0.6 is 0 Å². The number of ether oxygens (including phenoxy) is 1. The molecule has 1 N–H and O–H groups in total. The molecule has 0 aromatic heterocycles. The Hall–Kier alpha value is -0.410. The Kier molecular flexibility index (Phi) is 8.38. The highest BCUT2D eigenvalue weighted by Gasteiger charge is 2.53. The average molecular weight is 357 g/mol. The maximum atomic E-state index is 11.8. The van der Waals surface area contributed by atoms with Gasteiger partial charge < -0.3 is 14.6 Å². The summed E-state index contributed by atoms with van der Waals surface area (Å²) >= 11 is 0. The van der Waals surface area contributed by atoms with Gasteiger partial charge >= 0.3 is 0 Å². The number of aldehydes is 1. The first-order valence-electron chi connectivity index (χ1n) is 9.80. The molecular weight excluding hydrogens is 312 g/mol. The normalized spacial score (nSPS) is 19.8. The molecule has 0 fully saturated rings. The number of hydrogen-bond donors (Lipinski definition) is 1. The molecule has 3 nitrogen and oxygen atoms in total. The van der Waals surface area contributed by atoms with Crippen molar-refractivity contribution in [2.45, 2.75) is 101 Å². The van der Waals surface area contributed by atoms with E-state index in [1.165, 1.54) is 0 Å². The Labute approximate surface area is 156 Å². The van der Waals surface area contributed by atoms with Crippen molar-refractivity contribution in [1.29, 1.82) is 0 Å². The smallest absolute Gasteiger partial charge is 0.126 e. The Morgan fingerprint density at radius 2 is 1.44 bits per heavy atom. The Bertz CT molecular complexity index is 419. The summed E-state index contributed by atoms with van der Waals surface area (Å²) in [5.74, 6) is -0.412. The first-order chi connectivity index (χ1) is 11.1.